The fourth-order valence-electron chi connectivity index (χ4n) is 3.20. The van der Waals surface area contributed by atoms with Gasteiger partial charge in [-0.2, -0.15) is 0 Å². The molecule has 25 heavy (non-hydrogen) atoms. The topological polar surface area (TPSA) is 66.1 Å². The van der Waals surface area contributed by atoms with Crippen LogP contribution in [0.2, 0.25) is 0 Å². The molecule has 5 rings (SSSR count). The maximum absolute atomic E-state index is 5.78. The van der Waals surface area contributed by atoms with Gasteiger partial charge in [0.1, 0.15) is 30.1 Å². The predicted octanol–water partition coefficient (Wildman–Crippen LogP) is 3.81. The summed E-state index contributed by atoms with van der Waals surface area (Å²) >= 11 is 1.87. The average molecular weight is 355 g/mol. The smallest absolute Gasteiger partial charge is 0.145 e. The number of rotatable bonds is 2. The third-order valence-corrected chi connectivity index (χ3v) is 5.45. The Labute approximate surface area is 152 Å². The minimum atomic E-state index is 0. The molecular formula is C18H21N5OS. The van der Waals surface area contributed by atoms with E-state index in [0.29, 0.717) is 6.61 Å². The first-order valence-corrected chi connectivity index (χ1v) is 9.27. The number of aromatic amines is 1. The highest BCUT2D eigenvalue weighted by Gasteiger charge is 2.19. The SMILES string of the molecule is C1=C(c2ccc3c(c2)OCCN3)SCCN1c1ncnc2[nH]ccc12.[HH].[HH]. The monoisotopic (exact) mass is 355 g/mol. The van der Waals surface area contributed by atoms with E-state index < -0.39 is 0 Å². The summed E-state index contributed by atoms with van der Waals surface area (Å²) < 4.78 is 5.78. The summed E-state index contributed by atoms with van der Waals surface area (Å²) in [7, 11) is 0. The number of aromatic nitrogens is 3. The molecule has 2 aromatic heterocycles. The van der Waals surface area contributed by atoms with Gasteiger partial charge >= 0.3 is 0 Å². The third-order valence-electron chi connectivity index (χ3n) is 4.41. The molecule has 130 valence electrons. The Morgan fingerprint density at radius 2 is 2.24 bits per heavy atom. The molecule has 2 N–H and O–H groups in total. The quantitative estimate of drug-likeness (QED) is 0.729. The van der Waals surface area contributed by atoms with E-state index in [4.69, 9.17) is 4.74 Å². The van der Waals surface area contributed by atoms with E-state index in [0.717, 1.165) is 47.1 Å². The highest BCUT2D eigenvalue weighted by atomic mass is 32.2. The van der Waals surface area contributed by atoms with Gasteiger partial charge in [-0.05, 0) is 23.8 Å². The second-order valence-electron chi connectivity index (χ2n) is 5.96. The molecule has 3 aromatic rings. The van der Waals surface area contributed by atoms with Crippen molar-refractivity contribution in [1.82, 2.24) is 15.0 Å². The maximum atomic E-state index is 5.78. The number of nitrogens with one attached hydrogen (secondary N) is 2. The van der Waals surface area contributed by atoms with E-state index in [-0.39, 0.29) is 2.85 Å². The second kappa shape index (κ2) is 6.00. The molecule has 0 saturated carbocycles. The van der Waals surface area contributed by atoms with Gasteiger partial charge in [0.15, 0.2) is 0 Å². The average Bonchev–Trinajstić information content (AvgIpc) is 3.16. The van der Waals surface area contributed by atoms with Gasteiger partial charge in [-0.3, -0.25) is 0 Å². The summed E-state index contributed by atoms with van der Waals surface area (Å²) in [4.78, 5) is 15.4. The Morgan fingerprint density at radius 3 is 3.24 bits per heavy atom. The molecule has 0 fully saturated rings. The van der Waals surface area contributed by atoms with Crippen LogP contribution in [0.25, 0.3) is 15.9 Å². The van der Waals surface area contributed by atoms with E-state index in [2.05, 4.69) is 49.6 Å². The lowest BCUT2D eigenvalue weighted by Gasteiger charge is -2.27. The minimum Gasteiger partial charge on any atom is -0.490 e. The lowest BCUT2D eigenvalue weighted by Crippen LogP contribution is -2.24. The highest BCUT2D eigenvalue weighted by Crippen LogP contribution is 2.38. The van der Waals surface area contributed by atoms with Crippen molar-refractivity contribution in [2.45, 2.75) is 0 Å². The van der Waals surface area contributed by atoms with Crippen LogP contribution in [0.3, 0.4) is 0 Å². The first kappa shape index (κ1) is 14.7. The predicted molar refractivity (Wildman–Crippen MR) is 106 cm³/mol. The molecule has 0 radical (unpaired) electrons. The Hall–Kier alpha value is -2.67. The number of thioether (sulfide) groups is 1. The van der Waals surface area contributed by atoms with Gasteiger partial charge in [-0.25, -0.2) is 9.97 Å². The van der Waals surface area contributed by atoms with Crippen LogP contribution < -0.4 is 15.0 Å². The molecule has 0 unspecified atom stereocenters. The lowest BCUT2D eigenvalue weighted by atomic mass is 10.1. The van der Waals surface area contributed by atoms with Crippen molar-refractivity contribution in [3.63, 3.8) is 0 Å². The summed E-state index contributed by atoms with van der Waals surface area (Å²) in [5, 5.41) is 4.41. The van der Waals surface area contributed by atoms with Crippen molar-refractivity contribution < 1.29 is 7.59 Å². The molecule has 4 heterocycles. The van der Waals surface area contributed by atoms with Crippen molar-refractivity contribution in [3.8, 4) is 5.75 Å². The van der Waals surface area contributed by atoms with E-state index in [9.17, 15) is 0 Å². The largest absolute Gasteiger partial charge is 0.490 e. The molecular weight excluding hydrogens is 334 g/mol. The van der Waals surface area contributed by atoms with Gasteiger partial charge in [0.05, 0.1) is 11.1 Å². The number of hydrogen-bond donors (Lipinski definition) is 2. The van der Waals surface area contributed by atoms with Crippen LogP contribution in [-0.2, 0) is 0 Å². The molecule has 6 nitrogen and oxygen atoms in total. The van der Waals surface area contributed by atoms with Gasteiger partial charge in [0.25, 0.3) is 0 Å². The molecule has 0 bridgehead atoms. The zero-order valence-corrected chi connectivity index (χ0v) is 14.3. The molecule has 0 aliphatic carbocycles. The normalized spacial score (nSPS) is 16.8. The number of H-pyrrole nitrogens is 1. The fourth-order valence-corrected chi connectivity index (χ4v) is 4.20. The number of nitrogens with zero attached hydrogens (tertiary/aromatic N) is 3. The van der Waals surface area contributed by atoms with Crippen LogP contribution in [0.15, 0.2) is 43.0 Å². The number of anilines is 2. The van der Waals surface area contributed by atoms with Crippen molar-refractivity contribution in [2.24, 2.45) is 0 Å². The lowest BCUT2D eigenvalue weighted by molar-refractivity contribution is 0.323. The van der Waals surface area contributed by atoms with Gasteiger partial charge in [-0.15, -0.1) is 11.8 Å². The molecule has 0 atom stereocenters. The highest BCUT2D eigenvalue weighted by molar-refractivity contribution is 8.08. The third kappa shape index (κ3) is 2.60. The molecule has 0 spiro atoms. The van der Waals surface area contributed by atoms with Crippen LogP contribution in [0.4, 0.5) is 11.5 Å². The summed E-state index contributed by atoms with van der Waals surface area (Å²) in [5.41, 5.74) is 3.11. The number of ether oxygens (including phenoxy) is 1. The second-order valence-corrected chi connectivity index (χ2v) is 7.10. The van der Waals surface area contributed by atoms with E-state index in [1.807, 2.05) is 24.0 Å². The zero-order valence-electron chi connectivity index (χ0n) is 13.5. The van der Waals surface area contributed by atoms with Gasteiger partial charge in [-0.1, -0.05) is 6.07 Å². The Morgan fingerprint density at radius 1 is 1.24 bits per heavy atom. The number of benzene rings is 1. The summed E-state index contributed by atoms with van der Waals surface area (Å²) in [6.45, 7) is 2.49. The van der Waals surface area contributed by atoms with Crippen molar-refractivity contribution in [2.75, 3.05) is 35.7 Å². The summed E-state index contributed by atoms with van der Waals surface area (Å²) in [6.07, 6.45) is 5.70. The van der Waals surface area contributed by atoms with Crippen LogP contribution in [0.5, 0.6) is 5.75 Å². The number of fused-ring (bicyclic) bond motifs is 2. The van der Waals surface area contributed by atoms with Crippen LogP contribution in [0, 0.1) is 0 Å². The molecule has 0 saturated heterocycles. The molecule has 0 amide bonds. The van der Waals surface area contributed by atoms with Crippen molar-refractivity contribution in [1.29, 1.82) is 0 Å². The van der Waals surface area contributed by atoms with Gasteiger partial charge in [0.2, 0.25) is 0 Å². The minimum absolute atomic E-state index is 0. The molecule has 2 aliphatic rings. The van der Waals surface area contributed by atoms with Crippen molar-refractivity contribution in [3.05, 3.63) is 48.6 Å². The van der Waals surface area contributed by atoms with Gasteiger partial charge in [0, 0.05) is 39.0 Å². The van der Waals surface area contributed by atoms with E-state index >= 15 is 0 Å². The Balaban J connectivity index is 0.00000105. The molecule has 2 aliphatic heterocycles. The van der Waals surface area contributed by atoms with Crippen LogP contribution in [0.1, 0.15) is 8.42 Å². The van der Waals surface area contributed by atoms with Gasteiger partial charge < -0.3 is 19.9 Å². The van der Waals surface area contributed by atoms with E-state index in [1.165, 1.54) is 10.5 Å². The standard InChI is InChI=1S/C18H17N5OS.2H2/c1-2-14-15(24-7-5-19-14)9-12(1)16-10-23(6-8-25-16)18-13-3-4-20-17(13)21-11-22-18;;/h1-4,9-11,19H,5-8H2,(H,20,21,22);2*1H. The molecule has 7 heteroatoms. The van der Waals surface area contributed by atoms with Crippen molar-refractivity contribution >= 4 is 39.2 Å². The Bertz CT molecular complexity index is 977. The first-order valence-electron chi connectivity index (χ1n) is 8.29. The summed E-state index contributed by atoms with van der Waals surface area (Å²) in [6, 6.07) is 8.39. The maximum Gasteiger partial charge on any atom is 0.145 e. The zero-order chi connectivity index (χ0) is 16.6. The molecule has 1 aromatic carbocycles. The fraction of sp³-hybridized carbons (Fsp3) is 0.222. The van der Waals surface area contributed by atoms with Crippen LogP contribution >= 0.6 is 11.8 Å². The number of hydrogen-bond acceptors (Lipinski definition) is 6. The summed E-state index contributed by atoms with van der Waals surface area (Å²) in [5.74, 6) is 2.88. The van der Waals surface area contributed by atoms with E-state index in [1.54, 1.807) is 6.33 Å². The van der Waals surface area contributed by atoms with Crippen LogP contribution in [-0.4, -0.2) is 40.4 Å². The Kier molecular flexibility index (Phi) is 3.52. The first-order chi connectivity index (χ1) is 12.4.